The lowest BCUT2D eigenvalue weighted by atomic mass is 9.91. The summed E-state index contributed by atoms with van der Waals surface area (Å²) in [5.74, 6) is 0.667. The fourth-order valence-electron chi connectivity index (χ4n) is 8.67. The Hall–Kier alpha value is -9.38. The van der Waals surface area contributed by atoms with Gasteiger partial charge in [-0.05, 0) is 83.4 Å². The van der Waals surface area contributed by atoms with Crippen molar-refractivity contribution in [1.82, 2.24) is 19.5 Å². The van der Waals surface area contributed by atoms with Gasteiger partial charge in [-0.1, -0.05) is 109 Å². The van der Waals surface area contributed by atoms with Gasteiger partial charge in [0.25, 0.3) is 0 Å². The maximum atomic E-state index is 14.7. The van der Waals surface area contributed by atoms with Crippen LogP contribution < -0.4 is 0 Å². The minimum Gasteiger partial charge on any atom is -0.308 e. The number of hydrogen-bond donors (Lipinski definition) is 0. The molecule has 0 fully saturated rings. The molecule has 13 heteroatoms. The Labute approximate surface area is 389 Å². The van der Waals surface area contributed by atoms with Crippen LogP contribution in [-0.4, -0.2) is 19.5 Å². The molecule has 7 nitrogen and oxygen atoms in total. The van der Waals surface area contributed by atoms with Gasteiger partial charge in [-0.15, -0.1) is 0 Å². The van der Waals surface area contributed by atoms with Crippen LogP contribution in [0, 0.1) is 34.0 Å². The van der Waals surface area contributed by atoms with E-state index < -0.39 is 23.5 Å². The van der Waals surface area contributed by atoms with Gasteiger partial charge in [-0.2, -0.15) is 42.1 Å². The van der Waals surface area contributed by atoms with Crippen molar-refractivity contribution >= 4 is 21.8 Å². The van der Waals surface area contributed by atoms with E-state index in [1.807, 2.05) is 72.8 Å². The molecule has 10 aromatic rings. The van der Waals surface area contributed by atoms with Crippen molar-refractivity contribution in [3.63, 3.8) is 0 Å². The molecular weight excluding hydrogens is 885 g/mol. The maximum Gasteiger partial charge on any atom is 0.416 e. The van der Waals surface area contributed by atoms with E-state index >= 15 is 0 Å². The molecule has 10 rings (SSSR count). The number of aromatic nitrogens is 4. The Balaban J connectivity index is 1.35. The van der Waals surface area contributed by atoms with E-state index in [-0.39, 0.29) is 67.7 Å². The monoisotopic (exact) mass is 913 g/mol. The number of nitriles is 3. The topological polar surface area (TPSA) is 115 Å². The van der Waals surface area contributed by atoms with E-state index in [0.29, 0.717) is 44.1 Å². The molecule has 0 unspecified atom stereocenters. The lowest BCUT2D eigenvalue weighted by Gasteiger charge is -2.22. The smallest absolute Gasteiger partial charge is 0.308 e. The summed E-state index contributed by atoms with van der Waals surface area (Å²) in [5, 5.41) is 31.3. The third kappa shape index (κ3) is 8.07. The van der Waals surface area contributed by atoms with Gasteiger partial charge in [0.2, 0.25) is 0 Å². The quantitative estimate of drug-likeness (QED) is 0.147. The third-order valence-corrected chi connectivity index (χ3v) is 11.8. The second-order valence-corrected chi connectivity index (χ2v) is 16.0. The van der Waals surface area contributed by atoms with Crippen LogP contribution >= 0.6 is 0 Å². The van der Waals surface area contributed by atoms with Gasteiger partial charge in [0, 0.05) is 44.2 Å². The van der Waals surface area contributed by atoms with Crippen LogP contribution in [0.3, 0.4) is 0 Å². The van der Waals surface area contributed by atoms with Crippen molar-refractivity contribution in [2.45, 2.75) is 12.4 Å². The molecule has 0 aliphatic heterocycles. The summed E-state index contributed by atoms with van der Waals surface area (Å²) in [6.07, 6.45) is -9.53. The Kier molecular flexibility index (Phi) is 10.8. The fraction of sp³-hybridized carbons (Fsp3) is 0.0357. The number of alkyl halides is 6. The van der Waals surface area contributed by atoms with E-state index in [0.717, 1.165) is 24.3 Å². The van der Waals surface area contributed by atoms with Crippen LogP contribution in [0.15, 0.2) is 176 Å². The Morgan fingerprint density at radius 2 is 0.855 bits per heavy atom. The number of nitrogens with zero attached hydrogens (tertiary/aromatic N) is 7. The average Bonchev–Trinajstić information content (AvgIpc) is 3.71. The first-order chi connectivity index (χ1) is 33.3. The standard InChI is InChI=1S/C56H29F6N7/c57-55(58,59)42-17-9-15-36(25-42)45-28-39(54-67-52(34-11-3-1-4-12-34)66-53(68-54)35-13-5-2-6-14-35)29-46(37-16-10-18-43(26-37)56(60,61)62)51(45)69-48-20-8-7-19-44(48)47-27-38(21-22-49(47)69)50-40(31-64)23-33(30-63)24-41(50)32-65/h1-29H. The molecule has 0 bridgehead atoms. The molecule has 330 valence electrons. The molecule has 0 N–H and O–H groups in total. The summed E-state index contributed by atoms with van der Waals surface area (Å²) in [6, 6.07) is 52.3. The minimum absolute atomic E-state index is 0.0899. The molecule has 0 spiro atoms. The summed E-state index contributed by atoms with van der Waals surface area (Å²) < 4.78 is 89.8. The molecular formula is C56H29F6N7. The second kappa shape index (κ2) is 17.1. The number of hydrogen-bond acceptors (Lipinski definition) is 6. The summed E-state index contributed by atoms with van der Waals surface area (Å²) in [4.78, 5) is 14.6. The summed E-state index contributed by atoms with van der Waals surface area (Å²) >= 11 is 0. The predicted octanol–water partition coefficient (Wildman–Crippen LogP) is 14.6. The van der Waals surface area contributed by atoms with Crippen LogP contribution in [-0.2, 0) is 12.4 Å². The molecule has 2 aromatic heterocycles. The van der Waals surface area contributed by atoms with Crippen molar-refractivity contribution < 1.29 is 26.3 Å². The average molecular weight is 914 g/mol. The third-order valence-electron chi connectivity index (χ3n) is 11.8. The van der Waals surface area contributed by atoms with Crippen molar-refractivity contribution in [2.75, 3.05) is 0 Å². The number of benzene rings is 8. The van der Waals surface area contributed by atoms with Gasteiger partial charge in [-0.3, -0.25) is 0 Å². The maximum absolute atomic E-state index is 14.7. The highest BCUT2D eigenvalue weighted by atomic mass is 19.4. The zero-order valence-electron chi connectivity index (χ0n) is 35.6. The molecule has 0 saturated heterocycles. The van der Waals surface area contributed by atoms with Crippen LogP contribution in [0.1, 0.15) is 27.8 Å². The normalized spacial score (nSPS) is 11.6. The molecule has 0 radical (unpaired) electrons. The first-order valence-corrected chi connectivity index (χ1v) is 21.2. The first-order valence-electron chi connectivity index (χ1n) is 21.2. The van der Waals surface area contributed by atoms with E-state index in [2.05, 4.69) is 12.1 Å². The number of halogens is 6. The van der Waals surface area contributed by atoms with Gasteiger partial charge >= 0.3 is 12.4 Å². The Bertz CT molecular complexity index is 3630. The van der Waals surface area contributed by atoms with Crippen molar-refractivity contribution in [2.24, 2.45) is 0 Å². The zero-order valence-corrected chi connectivity index (χ0v) is 35.6. The number of fused-ring (bicyclic) bond motifs is 3. The van der Waals surface area contributed by atoms with E-state index in [1.165, 1.54) is 36.4 Å². The molecule has 8 aromatic carbocycles. The van der Waals surface area contributed by atoms with Gasteiger partial charge in [-0.25, -0.2) is 15.0 Å². The summed E-state index contributed by atoms with van der Waals surface area (Å²) in [5.41, 5.74) is 2.57. The van der Waals surface area contributed by atoms with Crippen LogP contribution in [0.25, 0.3) is 95.0 Å². The number of rotatable bonds is 7. The van der Waals surface area contributed by atoms with E-state index in [4.69, 9.17) is 15.0 Å². The molecule has 2 heterocycles. The molecule has 0 saturated carbocycles. The Morgan fingerprint density at radius 1 is 0.391 bits per heavy atom. The lowest BCUT2D eigenvalue weighted by molar-refractivity contribution is -0.138. The second-order valence-electron chi connectivity index (χ2n) is 16.0. The van der Waals surface area contributed by atoms with Crippen LogP contribution in [0.5, 0.6) is 0 Å². The molecule has 69 heavy (non-hydrogen) atoms. The SMILES string of the molecule is N#Cc1cc(C#N)c(-c2ccc3c(c2)c2ccccc2n3-c2c(-c3cccc(C(F)(F)F)c3)cc(-c3nc(-c4ccccc4)nc(-c4ccccc4)n3)cc2-c2cccc(C(F)(F)F)c2)c(C#N)c1. The van der Waals surface area contributed by atoms with Gasteiger partial charge in [0.05, 0.1) is 62.7 Å². The van der Waals surface area contributed by atoms with Crippen molar-refractivity contribution in [3.8, 4) is 91.4 Å². The van der Waals surface area contributed by atoms with Crippen molar-refractivity contribution in [3.05, 3.63) is 204 Å². The zero-order chi connectivity index (χ0) is 48.0. The van der Waals surface area contributed by atoms with Gasteiger partial charge in [0.1, 0.15) is 0 Å². The lowest BCUT2D eigenvalue weighted by Crippen LogP contribution is -2.07. The number of para-hydroxylation sites is 1. The Morgan fingerprint density at radius 3 is 1.35 bits per heavy atom. The summed E-state index contributed by atoms with van der Waals surface area (Å²) in [6.45, 7) is 0. The highest BCUT2D eigenvalue weighted by Crippen LogP contribution is 2.46. The summed E-state index contributed by atoms with van der Waals surface area (Å²) in [7, 11) is 0. The van der Waals surface area contributed by atoms with Crippen LogP contribution in [0.4, 0.5) is 26.3 Å². The molecule has 0 aliphatic carbocycles. The van der Waals surface area contributed by atoms with Crippen LogP contribution in [0.2, 0.25) is 0 Å². The van der Waals surface area contributed by atoms with Gasteiger partial charge < -0.3 is 4.57 Å². The molecule has 0 atom stereocenters. The van der Waals surface area contributed by atoms with E-state index in [9.17, 15) is 42.1 Å². The van der Waals surface area contributed by atoms with Crippen molar-refractivity contribution in [1.29, 1.82) is 15.8 Å². The van der Waals surface area contributed by atoms with E-state index in [1.54, 1.807) is 53.1 Å². The fourth-order valence-corrected chi connectivity index (χ4v) is 8.67. The molecule has 0 aliphatic rings. The minimum atomic E-state index is -4.76. The largest absolute Gasteiger partial charge is 0.416 e. The predicted molar refractivity (Wildman–Crippen MR) is 251 cm³/mol. The first kappa shape index (κ1) is 43.5. The van der Waals surface area contributed by atoms with Gasteiger partial charge in [0.15, 0.2) is 17.5 Å². The molecule has 0 amide bonds. The highest BCUT2D eigenvalue weighted by molar-refractivity contribution is 6.12. The highest BCUT2D eigenvalue weighted by Gasteiger charge is 2.33.